The van der Waals surface area contributed by atoms with Crippen molar-refractivity contribution in [3.8, 4) is 0 Å². The number of urea groups is 1. The highest BCUT2D eigenvalue weighted by Crippen LogP contribution is 2.76. The van der Waals surface area contributed by atoms with Crippen LogP contribution in [0, 0.1) is 58.2 Å². The SMILES string of the molecule is C=C(C)[C@@H]1CC[C@]2(NC(=O)NCCCn3cccc3C)CC[C@]3(C)[C@H](CC[C@@H]4[C@@]5(C)CC=C(c6ccc(C(=O)O)cc6)C(C)(C)[C@@H]5CC[C@]43C)[C@@H]12. The summed E-state index contributed by atoms with van der Waals surface area (Å²) >= 11 is 0. The van der Waals surface area contributed by atoms with Gasteiger partial charge in [-0.15, -0.1) is 0 Å². The molecule has 276 valence electrons. The van der Waals surface area contributed by atoms with Crippen LogP contribution in [-0.2, 0) is 6.54 Å². The minimum Gasteiger partial charge on any atom is -0.478 e. The van der Waals surface area contributed by atoms with Gasteiger partial charge in [0.05, 0.1) is 5.56 Å². The number of carbonyl (C=O) groups is 2. The fourth-order valence-electron chi connectivity index (χ4n) is 13.7. The highest BCUT2D eigenvalue weighted by Gasteiger charge is 2.70. The van der Waals surface area contributed by atoms with Gasteiger partial charge in [-0.25, -0.2) is 9.59 Å². The second-order valence-corrected chi connectivity index (χ2v) is 18.8. The number of nitrogens with one attached hydrogen (secondary N) is 2. The van der Waals surface area contributed by atoms with Gasteiger partial charge in [0, 0.05) is 30.5 Å². The summed E-state index contributed by atoms with van der Waals surface area (Å²) in [7, 11) is 0. The van der Waals surface area contributed by atoms with E-state index in [1.165, 1.54) is 54.5 Å². The minimum absolute atomic E-state index is 0.00691. The number of benzene rings is 1. The molecule has 7 rings (SSSR count). The van der Waals surface area contributed by atoms with Crippen LogP contribution in [0.3, 0.4) is 0 Å². The fraction of sp³-hybridized carbons (Fsp3) is 0.644. The molecule has 4 fully saturated rings. The number of aryl methyl sites for hydroxylation is 2. The Labute approximate surface area is 306 Å². The first-order valence-electron chi connectivity index (χ1n) is 19.9. The molecule has 5 aliphatic carbocycles. The lowest BCUT2D eigenvalue weighted by molar-refractivity contribution is -0.218. The number of aromatic carboxylic acids is 1. The lowest BCUT2D eigenvalue weighted by atomic mass is 9.33. The molecule has 9 atom stereocenters. The third kappa shape index (κ3) is 5.55. The number of allylic oxidation sites excluding steroid dienone is 3. The summed E-state index contributed by atoms with van der Waals surface area (Å²) in [5, 5.41) is 16.4. The van der Waals surface area contributed by atoms with Crippen LogP contribution in [0.5, 0.6) is 0 Å². The number of hydrogen-bond acceptors (Lipinski definition) is 2. The molecular formula is C45H63N3O3. The largest absolute Gasteiger partial charge is 0.478 e. The van der Waals surface area contributed by atoms with Gasteiger partial charge in [0.15, 0.2) is 0 Å². The standard InChI is InChI=1S/C45H63N3O3/c1-29(2)33-18-23-45(47-40(51)46-26-10-28-48-27-9-11-30(48)3)25-24-43(7)35(38(33)45)16-17-37-42(6)21-19-34(31-12-14-32(15-13-31)39(49)50)41(4,5)36(42)20-22-44(37,43)8/h9,11-15,19,27,33,35-38H,1,10,16-18,20-26,28H2,2-8H3,(H,49,50)(H2,46,47,51)/t33-,35+,36-,37+,38+,42-,43+,44+,45-/m0/s1. The Balaban J connectivity index is 1.12. The van der Waals surface area contributed by atoms with Crippen molar-refractivity contribution in [3.05, 3.63) is 77.6 Å². The number of fused-ring (bicyclic) bond motifs is 7. The lowest BCUT2D eigenvalue weighted by Gasteiger charge is -2.72. The van der Waals surface area contributed by atoms with Gasteiger partial charge in [-0.1, -0.05) is 65.0 Å². The second kappa shape index (κ2) is 12.7. The first-order chi connectivity index (χ1) is 24.1. The molecule has 1 aromatic carbocycles. The Hall–Kier alpha value is -3.28. The zero-order valence-electron chi connectivity index (χ0n) is 32.4. The van der Waals surface area contributed by atoms with E-state index < -0.39 is 5.97 Å². The van der Waals surface area contributed by atoms with E-state index in [0.29, 0.717) is 41.7 Å². The molecule has 0 spiro atoms. The van der Waals surface area contributed by atoms with Gasteiger partial charge in [0.25, 0.3) is 0 Å². The van der Waals surface area contributed by atoms with E-state index in [-0.39, 0.29) is 33.2 Å². The Morgan fingerprint density at radius 1 is 0.922 bits per heavy atom. The molecule has 5 aliphatic rings. The Bertz CT molecular complexity index is 1720. The molecule has 3 N–H and O–H groups in total. The molecule has 2 aromatic rings. The van der Waals surface area contributed by atoms with Crippen LogP contribution >= 0.6 is 0 Å². The number of rotatable bonds is 8. The molecule has 6 nitrogen and oxygen atoms in total. The predicted molar refractivity (Wildman–Crippen MR) is 206 cm³/mol. The van der Waals surface area contributed by atoms with Gasteiger partial charge in [-0.3, -0.25) is 0 Å². The molecule has 1 heterocycles. The van der Waals surface area contributed by atoms with Gasteiger partial charge >= 0.3 is 12.0 Å². The number of carboxylic acids is 1. The molecule has 0 aliphatic heterocycles. The summed E-state index contributed by atoms with van der Waals surface area (Å²) in [6.07, 6.45) is 15.9. The van der Waals surface area contributed by atoms with Crippen molar-refractivity contribution < 1.29 is 14.7 Å². The van der Waals surface area contributed by atoms with Gasteiger partial charge in [0.2, 0.25) is 0 Å². The van der Waals surface area contributed by atoms with Crippen molar-refractivity contribution in [1.82, 2.24) is 15.2 Å². The maximum absolute atomic E-state index is 13.6. The maximum Gasteiger partial charge on any atom is 0.335 e. The van der Waals surface area contributed by atoms with Crippen LogP contribution < -0.4 is 10.6 Å². The lowest BCUT2D eigenvalue weighted by Crippen LogP contribution is -2.68. The first-order valence-corrected chi connectivity index (χ1v) is 19.9. The number of nitrogens with zero attached hydrogens (tertiary/aromatic N) is 1. The Morgan fingerprint density at radius 3 is 2.33 bits per heavy atom. The monoisotopic (exact) mass is 693 g/mol. The summed E-state index contributed by atoms with van der Waals surface area (Å²) in [5.41, 5.74) is 5.89. The van der Waals surface area contributed by atoms with Gasteiger partial charge in [0.1, 0.15) is 0 Å². The number of hydrogen-bond donors (Lipinski definition) is 3. The van der Waals surface area contributed by atoms with Crippen LogP contribution in [0.25, 0.3) is 5.57 Å². The van der Waals surface area contributed by atoms with Crippen LogP contribution in [0.2, 0.25) is 0 Å². The number of aromatic nitrogens is 1. The Kier molecular flexibility index (Phi) is 8.98. The topological polar surface area (TPSA) is 83.4 Å². The summed E-state index contributed by atoms with van der Waals surface area (Å²) in [6.45, 7) is 23.4. The van der Waals surface area contributed by atoms with Crippen LogP contribution in [0.1, 0.15) is 127 Å². The van der Waals surface area contributed by atoms with Crippen LogP contribution in [0.15, 0.2) is 60.8 Å². The first kappa shape index (κ1) is 36.1. The fourth-order valence-corrected chi connectivity index (χ4v) is 13.7. The molecule has 6 heteroatoms. The van der Waals surface area contributed by atoms with Crippen molar-refractivity contribution in [2.75, 3.05) is 6.54 Å². The molecule has 51 heavy (non-hydrogen) atoms. The molecule has 0 unspecified atom stereocenters. The van der Waals surface area contributed by atoms with Crippen molar-refractivity contribution in [2.45, 2.75) is 125 Å². The van der Waals surface area contributed by atoms with E-state index in [1.807, 2.05) is 12.1 Å². The molecule has 1 aromatic heterocycles. The molecule has 4 saturated carbocycles. The average Bonchev–Trinajstić information content (AvgIpc) is 3.66. The van der Waals surface area contributed by atoms with E-state index in [2.05, 4.69) is 94.7 Å². The maximum atomic E-state index is 13.6. The predicted octanol–water partition coefficient (Wildman–Crippen LogP) is 10.3. The molecule has 2 amide bonds. The number of carbonyl (C=O) groups excluding carboxylic acids is 1. The normalized spacial score (nSPS) is 37.9. The number of amides is 2. The quantitative estimate of drug-likeness (QED) is 0.190. The second-order valence-electron chi connectivity index (χ2n) is 18.8. The minimum atomic E-state index is -0.873. The van der Waals surface area contributed by atoms with Gasteiger partial charge < -0.3 is 20.3 Å². The van der Waals surface area contributed by atoms with E-state index in [1.54, 1.807) is 12.1 Å². The zero-order valence-corrected chi connectivity index (χ0v) is 32.4. The number of carboxylic acid groups (broad SMARTS) is 1. The highest BCUT2D eigenvalue weighted by molar-refractivity contribution is 5.88. The van der Waals surface area contributed by atoms with Gasteiger partial charge in [-0.2, -0.15) is 0 Å². The Morgan fingerprint density at radius 2 is 1.67 bits per heavy atom. The van der Waals surface area contributed by atoms with Gasteiger partial charge in [-0.05, 0) is 165 Å². The summed E-state index contributed by atoms with van der Waals surface area (Å²) in [4.78, 5) is 25.2. The smallest absolute Gasteiger partial charge is 0.335 e. The van der Waals surface area contributed by atoms with Crippen molar-refractivity contribution in [3.63, 3.8) is 0 Å². The third-order valence-electron chi connectivity index (χ3n) is 16.4. The van der Waals surface area contributed by atoms with E-state index in [0.717, 1.165) is 38.6 Å². The van der Waals surface area contributed by atoms with E-state index in [4.69, 9.17) is 0 Å². The van der Waals surface area contributed by atoms with E-state index >= 15 is 0 Å². The van der Waals surface area contributed by atoms with Crippen molar-refractivity contribution in [2.24, 2.45) is 51.2 Å². The van der Waals surface area contributed by atoms with Crippen LogP contribution in [-0.4, -0.2) is 33.8 Å². The molecular weight excluding hydrogens is 631 g/mol. The van der Waals surface area contributed by atoms with Crippen molar-refractivity contribution in [1.29, 1.82) is 0 Å². The summed E-state index contributed by atoms with van der Waals surface area (Å²) in [6, 6.07) is 11.8. The third-order valence-corrected chi connectivity index (χ3v) is 16.4. The molecule has 0 bridgehead atoms. The van der Waals surface area contributed by atoms with Crippen LogP contribution in [0.4, 0.5) is 4.79 Å². The highest BCUT2D eigenvalue weighted by atomic mass is 16.4. The summed E-state index contributed by atoms with van der Waals surface area (Å²) < 4.78 is 2.25. The average molecular weight is 694 g/mol. The molecule has 0 saturated heterocycles. The zero-order chi connectivity index (χ0) is 36.6. The molecule has 0 radical (unpaired) electrons. The summed E-state index contributed by atoms with van der Waals surface area (Å²) in [5.74, 6) is 1.76. The van der Waals surface area contributed by atoms with Crippen molar-refractivity contribution >= 4 is 17.6 Å². The van der Waals surface area contributed by atoms with E-state index in [9.17, 15) is 14.7 Å².